The molecule has 0 amide bonds. The largest absolute Gasteiger partial charge is 0.300 e. The third-order valence-corrected chi connectivity index (χ3v) is 4.43. The highest BCUT2D eigenvalue weighted by Crippen LogP contribution is 2.35. The van der Waals surface area contributed by atoms with Crippen LogP contribution in [0.15, 0.2) is 30.5 Å². The number of carbonyl (C=O) groups is 1. The molecular formula is C18H16ClN3O. The molecule has 23 heavy (non-hydrogen) atoms. The van der Waals surface area contributed by atoms with Crippen molar-refractivity contribution in [1.82, 2.24) is 4.57 Å². The third-order valence-electron chi connectivity index (χ3n) is 4.17. The van der Waals surface area contributed by atoms with E-state index in [9.17, 15) is 10.1 Å². The first-order valence-corrected chi connectivity index (χ1v) is 7.72. The number of ketones is 1. The number of halogens is 1. The highest BCUT2D eigenvalue weighted by molar-refractivity contribution is 6.30. The number of nitriles is 1. The molecular weight excluding hydrogens is 310 g/mol. The van der Waals surface area contributed by atoms with Crippen molar-refractivity contribution in [1.29, 1.82) is 10.7 Å². The highest BCUT2D eigenvalue weighted by atomic mass is 35.5. The van der Waals surface area contributed by atoms with Crippen LogP contribution in [0, 0.1) is 22.2 Å². The average molecular weight is 326 g/mol. The summed E-state index contributed by atoms with van der Waals surface area (Å²) in [6.07, 6.45) is 2.76. The minimum Gasteiger partial charge on any atom is -0.300 e. The normalized spacial score (nSPS) is 15.8. The zero-order valence-corrected chi connectivity index (χ0v) is 13.7. The maximum absolute atomic E-state index is 12.5. The van der Waals surface area contributed by atoms with E-state index < -0.39 is 0 Å². The quantitative estimate of drug-likeness (QED) is 0.869. The molecule has 116 valence electrons. The van der Waals surface area contributed by atoms with Gasteiger partial charge < -0.3 is 4.57 Å². The van der Waals surface area contributed by atoms with Crippen molar-refractivity contribution >= 4 is 17.4 Å². The van der Waals surface area contributed by atoms with E-state index in [4.69, 9.17) is 17.0 Å². The van der Waals surface area contributed by atoms with Crippen LogP contribution in [0.1, 0.15) is 41.8 Å². The summed E-state index contributed by atoms with van der Waals surface area (Å²) in [5.74, 6) is 0.0236. The number of hydrogen-bond acceptors (Lipinski definition) is 3. The lowest BCUT2D eigenvalue weighted by atomic mass is 9.73. The predicted octanol–water partition coefficient (Wildman–Crippen LogP) is 3.64. The number of benzene rings is 1. The molecule has 4 nitrogen and oxygen atoms in total. The van der Waals surface area contributed by atoms with Crippen LogP contribution < -0.4 is 5.49 Å². The van der Waals surface area contributed by atoms with Crippen LogP contribution in [0.3, 0.4) is 0 Å². The number of fused-ring (bicyclic) bond motifs is 1. The molecule has 3 rings (SSSR count). The van der Waals surface area contributed by atoms with Crippen LogP contribution in [0.4, 0.5) is 0 Å². The van der Waals surface area contributed by atoms with Crippen LogP contribution in [0.2, 0.25) is 5.02 Å². The van der Waals surface area contributed by atoms with Crippen LogP contribution in [0.25, 0.3) is 5.69 Å². The molecule has 0 radical (unpaired) electrons. The van der Waals surface area contributed by atoms with Gasteiger partial charge in [0.15, 0.2) is 5.78 Å². The second-order valence-corrected chi connectivity index (χ2v) is 7.08. The van der Waals surface area contributed by atoms with E-state index in [0.717, 1.165) is 0 Å². The van der Waals surface area contributed by atoms with E-state index in [1.807, 2.05) is 13.8 Å². The maximum atomic E-state index is 12.5. The number of nitrogens with zero attached hydrogens (tertiary/aromatic N) is 2. The Morgan fingerprint density at radius 1 is 1.26 bits per heavy atom. The fourth-order valence-electron chi connectivity index (χ4n) is 3.09. The second-order valence-electron chi connectivity index (χ2n) is 6.64. The smallest absolute Gasteiger partial charge is 0.165 e. The first-order valence-electron chi connectivity index (χ1n) is 7.35. The van der Waals surface area contributed by atoms with E-state index in [0.29, 0.717) is 34.7 Å². The number of aromatic nitrogens is 1. The molecule has 1 aliphatic rings. The number of nitrogens with one attached hydrogen (secondary N) is 1. The minimum atomic E-state index is -0.186. The SMILES string of the molecule is CC1(C)CC(=O)c2cn(-c3ccc(Cl)cc3)c(=N)c(C#N)c2C1. The van der Waals surface area contributed by atoms with Crippen molar-refractivity contribution < 1.29 is 4.79 Å². The Labute approximate surface area is 139 Å². The Bertz CT molecular complexity index is 902. The Hall–Kier alpha value is -2.38. The van der Waals surface area contributed by atoms with Gasteiger partial charge in [0.1, 0.15) is 11.6 Å². The van der Waals surface area contributed by atoms with Gasteiger partial charge in [0.25, 0.3) is 0 Å². The van der Waals surface area contributed by atoms with Gasteiger partial charge >= 0.3 is 0 Å². The maximum Gasteiger partial charge on any atom is 0.165 e. The first kappa shape index (κ1) is 15.5. The van der Waals surface area contributed by atoms with E-state index in [1.54, 1.807) is 35.0 Å². The summed E-state index contributed by atoms with van der Waals surface area (Å²) in [6.45, 7) is 4.03. The lowest BCUT2D eigenvalue weighted by Gasteiger charge is -2.31. The molecule has 0 unspecified atom stereocenters. The van der Waals surface area contributed by atoms with Crippen LogP contribution in [0.5, 0.6) is 0 Å². The van der Waals surface area contributed by atoms with Crippen molar-refractivity contribution in [2.75, 3.05) is 0 Å². The summed E-state index contributed by atoms with van der Waals surface area (Å²) in [5, 5.41) is 18.5. The number of rotatable bonds is 1. The van der Waals surface area contributed by atoms with Crippen molar-refractivity contribution in [2.45, 2.75) is 26.7 Å². The van der Waals surface area contributed by atoms with Gasteiger partial charge in [-0.2, -0.15) is 5.26 Å². The molecule has 1 heterocycles. The highest BCUT2D eigenvalue weighted by Gasteiger charge is 2.33. The van der Waals surface area contributed by atoms with Gasteiger partial charge in [-0.15, -0.1) is 0 Å². The zero-order valence-electron chi connectivity index (χ0n) is 13.0. The molecule has 0 bridgehead atoms. The Morgan fingerprint density at radius 3 is 2.52 bits per heavy atom. The molecule has 0 fully saturated rings. The topological polar surface area (TPSA) is 69.6 Å². The summed E-state index contributed by atoms with van der Waals surface area (Å²) >= 11 is 5.90. The fraction of sp³-hybridized carbons (Fsp3) is 0.278. The van der Waals surface area contributed by atoms with Gasteiger partial charge in [-0.05, 0) is 41.7 Å². The molecule has 1 N–H and O–H groups in total. The predicted molar refractivity (Wildman–Crippen MR) is 87.8 cm³/mol. The van der Waals surface area contributed by atoms with Gasteiger partial charge in [0.05, 0.1) is 5.56 Å². The van der Waals surface area contributed by atoms with Gasteiger partial charge in [-0.3, -0.25) is 10.2 Å². The van der Waals surface area contributed by atoms with Crippen LogP contribution in [-0.4, -0.2) is 10.4 Å². The molecule has 0 saturated heterocycles. The second kappa shape index (κ2) is 5.36. The van der Waals surface area contributed by atoms with E-state index in [2.05, 4.69) is 6.07 Å². The Balaban J connectivity index is 2.29. The third kappa shape index (κ3) is 2.69. The van der Waals surface area contributed by atoms with E-state index in [1.165, 1.54) is 0 Å². The summed E-state index contributed by atoms with van der Waals surface area (Å²) in [5.41, 5.74) is 2.14. The van der Waals surface area contributed by atoms with E-state index >= 15 is 0 Å². The average Bonchev–Trinajstić information content (AvgIpc) is 2.47. The lowest BCUT2D eigenvalue weighted by Crippen LogP contribution is -2.33. The number of Topliss-reactive ketones (excluding diaryl/α,β-unsaturated/α-hetero) is 1. The molecule has 1 aliphatic carbocycles. The number of carbonyl (C=O) groups excluding carboxylic acids is 1. The standard InChI is InChI=1S/C18H16ClN3O/c1-18(2)7-13-14(9-20)17(21)22(10-15(13)16(23)8-18)12-5-3-11(19)4-6-12/h3-6,10,21H,7-8H2,1-2H3. The molecule has 0 saturated carbocycles. The molecule has 0 atom stereocenters. The number of pyridine rings is 1. The summed E-state index contributed by atoms with van der Waals surface area (Å²) in [4.78, 5) is 12.5. The Morgan fingerprint density at radius 2 is 1.91 bits per heavy atom. The van der Waals surface area contributed by atoms with Crippen molar-refractivity contribution in [3.8, 4) is 11.8 Å². The molecule has 0 aliphatic heterocycles. The molecule has 0 spiro atoms. The van der Waals surface area contributed by atoms with Gasteiger partial charge in [-0.25, -0.2) is 0 Å². The zero-order chi connectivity index (χ0) is 16.8. The van der Waals surface area contributed by atoms with Crippen LogP contribution >= 0.6 is 11.6 Å². The van der Waals surface area contributed by atoms with Gasteiger partial charge in [-0.1, -0.05) is 25.4 Å². The lowest BCUT2D eigenvalue weighted by molar-refractivity contribution is 0.0911. The van der Waals surface area contributed by atoms with Gasteiger partial charge in [0, 0.05) is 28.9 Å². The van der Waals surface area contributed by atoms with Crippen molar-refractivity contribution in [3.05, 3.63) is 57.7 Å². The number of hydrogen-bond donors (Lipinski definition) is 1. The molecule has 1 aromatic heterocycles. The fourth-order valence-corrected chi connectivity index (χ4v) is 3.22. The first-order chi connectivity index (χ1) is 10.8. The minimum absolute atomic E-state index is 0.0236. The Kier molecular flexibility index (Phi) is 3.62. The summed E-state index contributed by atoms with van der Waals surface area (Å²) < 4.78 is 1.57. The van der Waals surface area contributed by atoms with Crippen molar-refractivity contribution in [3.63, 3.8) is 0 Å². The van der Waals surface area contributed by atoms with Gasteiger partial charge in [0.2, 0.25) is 0 Å². The van der Waals surface area contributed by atoms with Crippen molar-refractivity contribution in [2.24, 2.45) is 5.41 Å². The molecule has 2 aromatic rings. The summed E-state index contributed by atoms with van der Waals surface area (Å²) in [7, 11) is 0. The molecule has 1 aromatic carbocycles. The van der Waals surface area contributed by atoms with Crippen LogP contribution in [-0.2, 0) is 6.42 Å². The molecule has 5 heteroatoms. The summed E-state index contributed by atoms with van der Waals surface area (Å²) in [6, 6.07) is 9.10. The van der Waals surface area contributed by atoms with E-state index in [-0.39, 0.29) is 22.2 Å². The monoisotopic (exact) mass is 325 g/mol.